The van der Waals surface area contributed by atoms with Gasteiger partial charge in [-0.1, -0.05) is 32.9 Å². The van der Waals surface area contributed by atoms with Crippen molar-refractivity contribution in [2.75, 3.05) is 7.11 Å². The van der Waals surface area contributed by atoms with Crippen LogP contribution in [0.1, 0.15) is 56.8 Å². The highest BCUT2D eigenvalue weighted by atomic mass is 17.2. The van der Waals surface area contributed by atoms with E-state index in [0.29, 0.717) is 22.6 Å². The average Bonchev–Trinajstić information content (AvgIpc) is 2.52. The quantitative estimate of drug-likeness (QED) is 0.604. The van der Waals surface area contributed by atoms with E-state index < -0.39 is 5.97 Å². The van der Waals surface area contributed by atoms with Crippen LogP contribution in [-0.2, 0) is 9.78 Å². The number of hydrogen-bond donors (Lipinski definition) is 0. The lowest BCUT2D eigenvalue weighted by Crippen LogP contribution is -2.26. The second-order valence-electron chi connectivity index (χ2n) is 6.83. The SMILES string of the molecule is COc1ccccc1C(=O)OO[C]1CCC(C(C)(C)C)CC1. The zero-order valence-electron chi connectivity index (χ0n) is 13.8. The van der Waals surface area contributed by atoms with E-state index >= 15 is 0 Å². The van der Waals surface area contributed by atoms with Crippen LogP contribution in [0, 0.1) is 17.4 Å². The normalized spacial score (nSPS) is 17.3. The summed E-state index contributed by atoms with van der Waals surface area (Å²) in [5.41, 5.74) is 0.688. The molecule has 0 spiro atoms. The van der Waals surface area contributed by atoms with Gasteiger partial charge in [-0.3, -0.25) is 4.89 Å². The Hall–Kier alpha value is -1.55. The molecule has 0 heterocycles. The summed E-state index contributed by atoms with van der Waals surface area (Å²) in [6.07, 6.45) is 4.70. The molecule has 1 aromatic carbocycles. The summed E-state index contributed by atoms with van der Waals surface area (Å²) in [6.45, 7) is 6.81. The lowest BCUT2D eigenvalue weighted by atomic mass is 9.72. The maximum absolute atomic E-state index is 12.1. The van der Waals surface area contributed by atoms with Crippen molar-refractivity contribution < 1.29 is 19.3 Å². The molecule has 0 saturated heterocycles. The highest BCUT2D eigenvalue weighted by Gasteiger charge is 2.31. The van der Waals surface area contributed by atoms with E-state index in [1.54, 1.807) is 24.3 Å². The van der Waals surface area contributed by atoms with Gasteiger partial charge in [0, 0.05) is 0 Å². The van der Waals surface area contributed by atoms with Gasteiger partial charge < -0.3 is 4.74 Å². The predicted molar refractivity (Wildman–Crippen MR) is 84.2 cm³/mol. The number of hydrogen-bond acceptors (Lipinski definition) is 4. The van der Waals surface area contributed by atoms with E-state index in [0.717, 1.165) is 31.8 Å². The molecular formula is C18H25O4. The van der Waals surface area contributed by atoms with Crippen molar-refractivity contribution in [3.05, 3.63) is 35.9 Å². The molecule has 0 atom stereocenters. The standard InChI is InChI=1S/C18H25O4/c1-18(2,3)13-9-11-14(12-10-13)21-22-17(19)15-7-5-6-8-16(15)20-4/h5-8,13H,9-12H2,1-4H3. The Bertz CT molecular complexity index is 496. The summed E-state index contributed by atoms with van der Waals surface area (Å²) in [6, 6.07) is 6.95. The lowest BCUT2D eigenvalue weighted by Gasteiger charge is -2.35. The third kappa shape index (κ3) is 4.23. The number of carbonyl (C=O) groups is 1. The van der Waals surface area contributed by atoms with Gasteiger partial charge in [0.05, 0.1) is 7.11 Å². The summed E-state index contributed by atoms with van der Waals surface area (Å²) in [7, 11) is 1.52. The van der Waals surface area contributed by atoms with Crippen LogP contribution in [0.4, 0.5) is 0 Å². The van der Waals surface area contributed by atoms with E-state index in [2.05, 4.69) is 20.8 Å². The van der Waals surface area contributed by atoms with Gasteiger partial charge in [-0.2, -0.15) is 4.89 Å². The Balaban J connectivity index is 1.83. The van der Waals surface area contributed by atoms with Crippen molar-refractivity contribution in [1.29, 1.82) is 0 Å². The molecule has 1 aromatic rings. The molecule has 1 saturated carbocycles. The Morgan fingerprint density at radius 1 is 1.14 bits per heavy atom. The molecule has 4 heteroatoms. The van der Waals surface area contributed by atoms with E-state index in [1.807, 2.05) is 0 Å². The van der Waals surface area contributed by atoms with Gasteiger partial charge in [-0.05, 0) is 49.1 Å². The van der Waals surface area contributed by atoms with Crippen LogP contribution < -0.4 is 4.74 Å². The van der Waals surface area contributed by atoms with Gasteiger partial charge in [-0.15, -0.1) is 0 Å². The number of methoxy groups -OCH3 is 1. The molecule has 121 valence electrons. The van der Waals surface area contributed by atoms with Crippen LogP contribution in [0.15, 0.2) is 24.3 Å². The summed E-state index contributed by atoms with van der Waals surface area (Å²) in [5, 5.41) is 0. The minimum Gasteiger partial charge on any atom is -0.496 e. The smallest absolute Gasteiger partial charge is 0.376 e. The molecule has 0 unspecified atom stereocenters. The van der Waals surface area contributed by atoms with Crippen LogP contribution >= 0.6 is 0 Å². The van der Waals surface area contributed by atoms with E-state index in [4.69, 9.17) is 14.5 Å². The monoisotopic (exact) mass is 305 g/mol. The fourth-order valence-corrected chi connectivity index (χ4v) is 2.84. The summed E-state index contributed by atoms with van der Waals surface area (Å²) in [4.78, 5) is 22.3. The highest BCUT2D eigenvalue weighted by Crippen LogP contribution is 2.40. The molecule has 1 radical (unpaired) electrons. The Labute approximate surface area is 132 Å². The molecule has 1 aliphatic carbocycles. The molecular weight excluding hydrogens is 280 g/mol. The summed E-state index contributed by atoms with van der Waals surface area (Å²) >= 11 is 0. The Morgan fingerprint density at radius 3 is 2.36 bits per heavy atom. The van der Waals surface area contributed by atoms with Gasteiger partial charge in [0.1, 0.15) is 17.4 Å². The molecule has 0 bridgehead atoms. The van der Waals surface area contributed by atoms with Crippen molar-refractivity contribution in [3.63, 3.8) is 0 Å². The van der Waals surface area contributed by atoms with Crippen molar-refractivity contribution >= 4 is 5.97 Å². The minimum atomic E-state index is -0.525. The first-order valence-corrected chi connectivity index (χ1v) is 7.78. The largest absolute Gasteiger partial charge is 0.496 e. The van der Waals surface area contributed by atoms with Gasteiger partial charge in [0.2, 0.25) is 0 Å². The molecule has 4 nitrogen and oxygen atoms in total. The second kappa shape index (κ2) is 7.14. The summed E-state index contributed by atoms with van der Waals surface area (Å²) in [5.74, 6) is 0.644. The van der Waals surface area contributed by atoms with Gasteiger partial charge >= 0.3 is 5.97 Å². The van der Waals surface area contributed by atoms with Gasteiger partial charge in [0.15, 0.2) is 0 Å². The predicted octanol–water partition coefficient (Wildman–Crippen LogP) is 4.55. The van der Waals surface area contributed by atoms with Crippen LogP contribution in [0.5, 0.6) is 5.75 Å². The maximum atomic E-state index is 12.1. The van der Waals surface area contributed by atoms with E-state index in [9.17, 15) is 4.79 Å². The summed E-state index contributed by atoms with van der Waals surface area (Å²) < 4.78 is 5.15. The van der Waals surface area contributed by atoms with Crippen LogP contribution in [0.3, 0.4) is 0 Å². The number of ether oxygens (including phenoxy) is 1. The zero-order chi connectivity index (χ0) is 16.2. The Morgan fingerprint density at radius 2 is 1.77 bits per heavy atom. The average molecular weight is 305 g/mol. The first kappa shape index (κ1) is 16.8. The van der Waals surface area contributed by atoms with Crippen LogP contribution in [0.25, 0.3) is 0 Å². The van der Waals surface area contributed by atoms with Crippen molar-refractivity contribution in [2.24, 2.45) is 11.3 Å². The topological polar surface area (TPSA) is 44.8 Å². The molecule has 1 fully saturated rings. The fourth-order valence-electron chi connectivity index (χ4n) is 2.84. The van der Waals surface area contributed by atoms with Crippen molar-refractivity contribution in [3.8, 4) is 5.75 Å². The molecule has 0 N–H and O–H groups in total. The molecule has 1 aliphatic rings. The molecule has 0 amide bonds. The number of rotatable bonds is 4. The third-order valence-electron chi connectivity index (χ3n) is 4.33. The van der Waals surface area contributed by atoms with E-state index in [1.165, 1.54) is 7.11 Å². The van der Waals surface area contributed by atoms with E-state index in [-0.39, 0.29) is 0 Å². The Kier molecular flexibility index (Phi) is 5.46. The maximum Gasteiger partial charge on any atom is 0.376 e. The van der Waals surface area contributed by atoms with Gasteiger partial charge in [0.25, 0.3) is 0 Å². The first-order valence-electron chi connectivity index (χ1n) is 7.78. The van der Waals surface area contributed by atoms with Crippen LogP contribution in [0.2, 0.25) is 0 Å². The zero-order valence-corrected chi connectivity index (χ0v) is 13.8. The first-order chi connectivity index (χ1) is 10.4. The second-order valence-corrected chi connectivity index (χ2v) is 6.83. The molecule has 0 aliphatic heterocycles. The van der Waals surface area contributed by atoms with Gasteiger partial charge in [-0.25, -0.2) is 4.79 Å². The van der Waals surface area contributed by atoms with Crippen LogP contribution in [-0.4, -0.2) is 13.1 Å². The number of para-hydroxylation sites is 1. The third-order valence-corrected chi connectivity index (χ3v) is 4.33. The molecule has 2 rings (SSSR count). The number of benzene rings is 1. The minimum absolute atomic E-state index is 0.319. The molecule has 22 heavy (non-hydrogen) atoms. The lowest BCUT2D eigenvalue weighted by molar-refractivity contribution is -0.241. The highest BCUT2D eigenvalue weighted by molar-refractivity contribution is 5.92. The molecule has 0 aromatic heterocycles. The number of carbonyl (C=O) groups excluding carboxylic acids is 1. The fraction of sp³-hybridized carbons (Fsp3) is 0.556. The van der Waals surface area contributed by atoms with Crippen molar-refractivity contribution in [2.45, 2.75) is 46.5 Å². The van der Waals surface area contributed by atoms with Crippen molar-refractivity contribution in [1.82, 2.24) is 0 Å².